The third-order valence-corrected chi connectivity index (χ3v) is 4.79. The van der Waals surface area contributed by atoms with E-state index in [9.17, 15) is 22.8 Å². The van der Waals surface area contributed by atoms with Crippen molar-refractivity contribution in [3.8, 4) is 11.3 Å². The maximum Gasteiger partial charge on any atom is 0.325 e. The Balaban J connectivity index is 1.87. The van der Waals surface area contributed by atoms with Gasteiger partial charge in [0, 0.05) is 18.2 Å². The van der Waals surface area contributed by atoms with Gasteiger partial charge in [-0.1, -0.05) is 13.8 Å². The SMILES string of the molecule is CC1(C)CN(c2ncc(F)n3nc(-c4c[nH]c(=O)[nH]c4=O)cc23)CC1(F)F. The molecule has 8 nitrogen and oxygen atoms in total. The van der Waals surface area contributed by atoms with Crippen LogP contribution in [-0.4, -0.2) is 43.6 Å². The van der Waals surface area contributed by atoms with Gasteiger partial charge >= 0.3 is 5.69 Å². The summed E-state index contributed by atoms with van der Waals surface area (Å²) in [5.41, 5.74) is -2.45. The van der Waals surface area contributed by atoms with Crippen LogP contribution in [-0.2, 0) is 0 Å². The van der Waals surface area contributed by atoms with E-state index in [-0.39, 0.29) is 29.1 Å². The van der Waals surface area contributed by atoms with E-state index >= 15 is 0 Å². The monoisotopic (exact) mass is 380 g/mol. The van der Waals surface area contributed by atoms with Gasteiger partial charge in [0.1, 0.15) is 11.2 Å². The highest BCUT2D eigenvalue weighted by Crippen LogP contribution is 2.44. The van der Waals surface area contributed by atoms with Crippen LogP contribution in [0.2, 0.25) is 0 Å². The lowest BCUT2D eigenvalue weighted by Gasteiger charge is -2.24. The molecule has 3 aromatic rings. The summed E-state index contributed by atoms with van der Waals surface area (Å²) in [4.78, 5) is 32.8. The summed E-state index contributed by atoms with van der Waals surface area (Å²) in [6, 6.07) is 1.37. The van der Waals surface area contributed by atoms with Crippen molar-refractivity contribution in [1.82, 2.24) is 24.6 Å². The summed E-state index contributed by atoms with van der Waals surface area (Å²) in [5.74, 6) is -3.62. The first kappa shape index (κ1) is 17.3. The summed E-state index contributed by atoms with van der Waals surface area (Å²) in [6.45, 7) is 2.37. The second kappa shape index (κ2) is 5.44. The Morgan fingerprint density at radius 3 is 2.59 bits per heavy atom. The molecule has 27 heavy (non-hydrogen) atoms. The molecule has 0 radical (unpaired) electrons. The van der Waals surface area contributed by atoms with E-state index in [1.165, 1.54) is 24.8 Å². The summed E-state index contributed by atoms with van der Waals surface area (Å²) in [7, 11) is 0. The van der Waals surface area contributed by atoms with Crippen molar-refractivity contribution < 1.29 is 13.2 Å². The Morgan fingerprint density at radius 2 is 1.96 bits per heavy atom. The lowest BCUT2D eigenvalue weighted by molar-refractivity contribution is -0.0642. The molecule has 1 aliphatic heterocycles. The molecule has 4 rings (SSSR count). The van der Waals surface area contributed by atoms with Gasteiger partial charge in [0.05, 0.1) is 18.3 Å². The van der Waals surface area contributed by atoms with Crippen molar-refractivity contribution in [3.63, 3.8) is 0 Å². The lowest BCUT2D eigenvalue weighted by atomic mass is 9.89. The summed E-state index contributed by atoms with van der Waals surface area (Å²) in [6.07, 6.45) is 2.04. The lowest BCUT2D eigenvalue weighted by Crippen LogP contribution is -2.34. The zero-order valence-corrected chi connectivity index (χ0v) is 14.4. The molecular formula is C16H15F3N6O2. The van der Waals surface area contributed by atoms with Crippen LogP contribution < -0.4 is 16.1 Å². The van der Waals surface area contributed by atoms with E-state index in [1.54, 1.807) is 0 Å². The first-order valence-electron chi connectivity index (χ1n) is 8.08. The highest BCUT2D eigenvalue weighted by Gasteiger charge is 2.54. The van der Waals surface area contributed by atoms with Crippen LogP contribution in [0.15, 0.2) is 28.0 Å². The standard InChI is InChI=1S/C16H15F3N6O2/c1-15(2)6-24(7-16(15,18)19)12-10-3-9(23-25(10)11(17)5-20-12)8-4-21-14(27)22-13(8)26/h3-5H,6-7H2,1-2H3,(H2,21,22,26,27). The zero-order chi connectivity index (χ0) is 19.6. The Morgan fingerprint density at radius 1 is 1.22 bits per heavy atom. The number of aromatic amines is 2. The molecular weight excluding hydrogens is 365 g/mol. The van der Waals surface area contributed by atoms with Crippen LogP contribution in [0.4, 0.5) is 19.0 Å². The fourth-order valence-electron chi connectivity index (χ4n) is 3.17. The number of nitrogens with zero attached hydrogens (tertiary/aromatic N) is 4. The highest BCUT2D eigenvalue weighted by atomic mass is 19.3. The van der Waals surface area contributed by atoms with Crippen LogP contribution >= 0.6 is 0 Å². The molecule has 0 aliphatic carbocycles. The molecule has 0 unspecified atom stereocenters. The van der Waals surface area contributed by atoms with Gasteiger partial charge in [-0.25, -0.2) is 23.1 Å². The van der Waals surface area contributed by atoms with Crippen molar-refractivity contribution in [3.05, 3.63) is 45.2 Å². The van der Waals surface area contributed by atoms with Crippen LogP contribution in [0.5, 0.6) is 0 Å². The Hall–Kier alpha value is -3.11. The minimum absolute atomic E-state index is 0.00994. The number of H-pyrrole nitrogens is 2. The molecule has 1 fully saturated rings. The molecule has 142 valence electrons. The minimum Gasteiger partial charge on any atom is -0.348 e. The normalized spacial score (nSPS) is 18.3. The van der Waals surface area contributed by atoms with Gasteiger partial charge in [-0.3, -0.25) is 9.78 Å². The smallest absolute Gasteiger partial charge is 0.325 e. The molecule has 0 spiro atoms. The van der Waals surface area contributed by atoms with Crippen molar-refractivity contribution in [1.29, 1.82) is 0 Å². The number of anilines is 1. The number of hydrogen-bond donors (Lipinski definition) is 2. The van der Waals surface area contributed by atoms with E-state index in [2.05, 4.69) is 20.1 Å². The van der Waals surface area contributed by atoms with Crippen LogP contribution in [0, 0.1) is 11.4 Å². The second-order valence-electron chi connectivity index (χ2n) is 7.16. The van der Waals surface area contributed by atoms with E-state index in [4.69, 9.17) is 0 Å². The Kier molecular flexibility index (Phi) is 3.49. The van der Waals surface area contributed by atoms with Crippen LogP contribution in [0.1, 0.15) is 13.8 Å². The van der Waals surface area contributed by atoms with Gasteiger partial charge < -0.3 is 9.88 Å². The molecule has 11 heteroatoms. The van der Waals surface area contributed by atoms with Gasteiger partial charge in [0.15, 0.2) is 5.82 Å². The van der Waals surface area contributed by atoms with Crippen molar-refractivity contribution in [2.75, 3.05) is 18.0 Å². The quantitative estimate of drug-likeness (QED) is 0.700. The summed E-state index contributed by atoms with van der Waals surface area (Å²) in [5, 5.41) is 4.02. The number of aromatic nitrogens is 5. The number of alkyl halides is 2. The second-order valence-corrected chi connectivity index (χ2v) is 7.16. The zero-order valence-electron chi connectivity index (χ0n) is 14.4. The maximum absolute atomic E-state index is 14.3. The van der Waals surface area contributed by atoms with Gasteiger partial charge in [-0.05, 0) is 6.07 Å². The predicted octanol–water partition coefficient (Wildman–Crippen LogP) is 1.39. The molecule has 0 bridgehead atoms. The van der Waals surface area contributed by atoms with Crippen molar-refractivity contribution in [2.24, 2.45) is 5.41 Å². The van der Waals surface area contributed by atoms with E-state index in [0.29, 0.717) is 0 Å². The number of rotatable bonds is 2. The largest absolute Gasteiger partial charge is 0.348 e. The van der Waals surface area contributed by atoms with Gasteiger partial charge in [0.2, 0.25) is 5.95 Å². The fourth-order valence-corrected chi connectivity index (χ4v) is 3.17. The fraction of sp³-hybridized carbons (Fsp3) is 0.375. The van der Waals surface area contributed by atoms with E-state index in [1.807, 2.05) is 0 Å². The molecule has 0 atom stereocenters. The molecule has 1 aliphatic rings. The first-order valence-corrected chi connectivity index (χ1v) is 8.08. The Labute approximate surface area is 149 Å². The maximum atomic E-state index is 14.3. The summed E-state index contributed by atoms with van der Waals surface area (Å²) >= 11 is 0. The number of hydrogen-bond acceptors (Lipinski definition) is 5. The topological polar surface area (TPSA) is 99.2 Å². The number of fused-ring (bicyclic) bond motifs is 1. The third kappa shape index (κ3) is 2.61. The molecule has 0 saturated carbocycles. The first-order chi connectivity index (χ1) is 12.6. The van der Waals surface area contributed by atoms with Gasteiger partial charge in [0.25, 0.3) is 11.5 Å². The molecule has 2 N–H and O–H groups in total. The third-order valence-electron chi connectivity index (χ3n) is 4.79. The average Bonchev–Trinajstić information content (AvgIpc) is 3.07. The highest BCUT2D eigenvalue weighted by molar-refractivity contribution is 5.75. The minimum atomic E-state index is -2.95. The summed E-state index contributed by atoms with van der Waals surface area (Å²) < 4.78 is 43.6. The molecule has 4 heterocycles. The van der Waals surface area contributed by atoms with Crippen LogP contribution in [0.25, 0.3) is 16.8 Å². The van der Waals surface area contributed by atoms with Crippen molar-refractivity contribution in [2.45, 2.75) is 19.8 Å². The number of nitrogens with one attached hydrogen (secondary N) is 2. The molecule has 0 amide bonds. The Bertz CT molecular complexity index is 1150. The number of halogens is 3. The molecule has 3 aromatic heterocycles. The van der Waals surface area contributed by atoms with E-state index < -0.39 is 35.1 Å². The molecule has 1 saturated heterocycles. The van der Waals surface area contributed by atoms with E-state index in [0.717, 1.165) is 16.9 Å². The van der Waals surface area contributed by atoms with Crippen molar-refractivity contribution >= 4 is 11.3 Å². The van der Waals surface area contributed by atoms with Gasteiger partial charge in [-0.2, -0.15) is 9.49 Å². The molecule has 0 aromatic carbocycles. The average molecular weight is 380 g/mol. The predicted molar refractivity (Wildman–Crippen MR) is 90.6 cm³/mol. The van der Waals surface area contributed by atoms with Gasteiger partial charge in [-0.15, -0.1) is 0 Å². The van der Waals surface area contributed by atoms with Crippen LogP contribution in [0.3, 0.4) is 0 Å².